The summed E-state index contributed by atoms with van der Waals surface area (Å²) in [6.07, 6.45) is 1.37. The van der Waals surface area contributed by atoms with E-state index in [1.54, 1.807) is 6.92 Å². The second-order valence-electron chi connectivity index (χ2n) is 3.67. The van der Waals surface area contributed by atoms with Crippen molar-refractivity contribution in [3.63, 3.8) is 0 Å². The molecule has 1 fully saturated rings. The molecule has 0 saturated carbocycles. The average Bonchev–Trinajstić information content (AvgIpc) is 2.40. The van der Waals surface area contributed by atoms with Crippen molar-refractivity contribution in [3.8, 4) is 0 Å². The predicted molar refractivity (Wildman–Crippen MR) is 59.6 cm³/mol. The van der Waals surface area contributed by atoms with Gasteiger partial charge in [0.1, 0.15) is 4.87 Å². The number of hydrogen-bond donors (Lipinski definition) is 0. The zero-order valence-electron chi connectivity index (χ0n) is 8.53. The molecule has 1 aliphatic rings. The van der Waals surface area contributed by atoms with Crippen molar-refractivity contribution >= 4 is 39.1 Å². The maximum absolute atomic E-state index is 11.8. The number of amides is 1. The van der Waals surface area contributed by atoms with Crippen LogP contribution in [0.1, 0.15) is 13.3 Å². The van der Waals surface area contributed by atoms with E-state index in [9.17, 15) is 13.2 Å². The third-order valence-corrected chi connectivity index (χ3v) is 4.94. The maximum atomic E-state index is 11.8. The Kier molecular flexibility index (Phi) is 3.58. The largest absolute Gasteiger partial charge is 0.272 e. The highest BCUT2D eigenvalue weighted by molar-refractivity contribution is 7.88. The summed E-state index contributed by atoms with van der Waals surface area (Å²) in [6, 6.07) is 0. The van der Waals surface area contributed by atoms with E-state index in [-0.39, 0.29) is 18.3 Å². The molecule has 1 saturated heterocycles. The van der Waals surface area contributed by atoms with Gasteiger partial charge in [-0.15, -0.1) is 23.2 Å². The van der Waals surface area contributed by atoms with E-state index in [4.69, 9.17) is 23.2 Å². The molecule has 88 valence electrons. The number of hydrogen-bond acceptors (Lipinski definition) is 3. The normalized spacial score (nSPS) is 32.4. The SMILES string of the molecule is CC[C@]1(Cl)C(=O)N(S(C)(=O)=O)C[C@@H]1CCl. The van der Waals surface area contributed by atoms with E-state index in [1.807, 2.05) is 0 Å². The van der Waals surface area contributed by atoms with Gasteiger partial charge >= 0.3 is 0 Å². The Morgan fingerprint density at radius 1 is 1.60 bits per heavy atom. The lowest BCUT2D eigenvalue weighted by molar-refractivity contribution is -0.126. The summed E-state index contributed by atoms with van der Waals surface area (Å²) in [5, 5.41) is 0. The van der Waals surface area contributed by atoms with Crippen LogP contribution in [-0.4, -0.2) is 42.2 Å². The van der Waals surface area contributed by atoms with Crippen LogP contribution in [-0.2, 0) is 14.8 Å². The molecule has 0 aromatic heterocycles. The van der Waals surface area contributed by atoms with Crippen LogP contribution in [0.5, 0.6) is 0 Å². The van der Waals surface area contributed by atoms with Gasteiger partial charge in [0.2, 0.25) is 10.0 Å². The molecule has 0 N–H and O–H groups in total. The molecule has 15 heavy (non-hydrogen) atoms. The van der Waals surface area contributed by atoms with Gasteiger partial charge in [0.25, 0.3) is 5.91 Å². The highest BCUT2D eigenvalue weighted by atomic mass is 35.5. The number of alkyl halides is 2. The Hall–Kier alpha value is -0.000000000000000111. The first-order valence-electron chi connectivity index (χ1n) is 4.54. The van der Waals surface area contributed by atoms with Crippen LogP contribution < -0.4 is 0 Å². The summed E-state index contributed by atoms with van der Waals surface area (Å²) < 4.78 is 23.4. The summed E-state index contributed by atoms with van der Waals surface area (Å²) >= 11 is 11.8. The molecule has 0 radical (unpaired) electrons. The van der Waals surface area contributed by atoms with Crippen molar-refractivity contribution in [2.45, 2.75) is 18.2 Å². The lowest BCUT2D eigenvalue weighted by Crippen LogP contribution is -2.39. The Morgan fingerprint density at radius 3 is 2.40 bits per heavy atom. The van der Waals surface area contributed by atoms with Crippen molar-refractivity contribution in [1.82, 2.24) is 4.31 Å². The topological polar surface area (TPSA) is 54.5 Å². The summed E-state index contributed by atoms with van der Waals surface area (Å²) in [5.41, 5.74) is 0. The molecule has 1 heterocycles. The van der Waals surface area contributed by atoms with Crippen LogP contribution in [0.3, 0.4) is 0 Å². The predicted octanol–water partition coefficient (Wildman–Crippen LogP) is 1.03. The Labute approximate surface area is 99.6 Å². The van der Waals surface area contributed by atoms with Crippen LogP contribution in [0.4, 0.5) is 0 Å². The zero-order chi connectivity index (χ0) is 11.9. The molecule has 2 atom stereocenters. The smallest absolute Gasteiger partial charge is 0.257 e. The average molecular weight is 274 g/mol. The van der Waals surface area contributed by atoms with Gasteiger partial charge < -0.3 is 0 Å². The van der Waals surface area contributed by atoms with Crippen LogP contribution in [0, 0.1) is 5.92 Å². The maximum Gasteiger partial charge on any atom is 0.257 e. The van der Waals surface area contributed by atoms with Gasteiger partial charge in [0, 0.05) is 18.3 Å². The van der Waals surface area contributed by atoms with E-state index in [1.165, 1.54) is 0 Å². The Morgan fingerprint density at radius 2 is 2.13 bits per heavy atom. The monoisotopic (exact) mass is 273 g/mol. The molecule has 0 aromatic carbocycles. The van der Waals surface area contributed by atoms with Gasteiger partial charge in [-0.25, -0.2) is 12.7 Å². The molecular weight excluding hydrogens is 261 g/mol. The zero-order valence-corrected chi connectivity index (χ0v) is 10.9. The van der Waals surface area contributed by atoms with Crippen molar-refractivity contribution in [2.24, 2.45) is 5.92 Å². The van der Waals surface area contributed by atoms with E-state index < -0.39 is 20.8 Å². The Bertz CT molecular complexity index is 370. The second kappa shape index (κ2) is 4.11. The molecule has 1 amide bonds. The number of rotatable bonds is 3. The lowest BCUT2D eigenvalue weighted by atomic mass is 9.94. The lowest BCUT2D eigenvalue weighted by Gasteiger charge is -2.22. The van der Waals surface area contributed by atoms with Gasteiger partial charge in [0.15, 0.2) is 0 Å². The second-order valence-corrected chi connectivity index (χ2v) is 6.56. The quantitative estimate of drug-likeness (QED) is 0.722. The first-order valence-corrected chi connectivity index (χ1v) is 7.30. The van der Waals surface area contributed by atoms with E-state index in [2.05, 4.69) is 0 Å². The molecule has 7 heteroatoms. The van der Waals surface area contributed by atoms with Crippen LogP contribution in [0.25, 0.3) is 0 Å². The van der Waals surface area contributed by atoms with Gasteiger partial charge in [-0.1, -0.05) is 6.92 Å². The molecule has 0 bridgehead atoms. The van der Waals surface area contributed by atoms with E-state index in [0.29, 0.717) is 6.42 Å². The highest BCUT2D eigenvalue weighted by Gasteiger charge is 2.53. The summed E-state index contributed by atoms with van der Waals surface area (Å²) in [6.45, 7) is 1.83. The fraction of sp³-hybridized carbons (Fsp3) is 0.875. The standard InChI is InChI=1S/C8H13Cl2NO3S/c1-3-8(10)6(4-9)5-11(7(8)12)15(2,13)14/h6H,3-5H2,1-2H3/t6-,8+/m0/s1. The van der Waals surface area contributed by atoms with Crippen molar-refractivity contribution in [2.75, 3.05) is 18.7 Å². The van der Waals surface area contributed by atoms with Crippen molar-refractivity contribution < 1.29 is 13.2 Å². The molecule has 0 aliphatic carbocycles. The summed E-state index contributed by atoms with van der Waals surface area (Å²) in [4.78, 5) is 10.7. The molecule has 0 unspecified atom stereocenters. The molecule has 4 nitrogen and oxygen atoms in total. The molecular formula is C8H13Cl2NO3S. The van der Waals surface area contributed by atoms with Gasteiger partial charge in [0.05, 0.1) is 6.26 Å². The van der Waals surface area contributed by atoms with Gasteiger partial charge in [-0.3, -0.25) is 4.79 Å². The van der Waals surface area contributed by atoms with E-state index >= 15 is 0 Å². The summed E-state index contributed by atoms with van der Waals surface area (Å²) in [7, 11) is -3.54. The minimum absolute atomic E-state index is 0.0819. The molecule has 0 aromatic rings. The molecule has 0 spiro atoms. The van der Waals surface area contributed by atoms with Crippen molar-refractivity contribution in [3.05, 3.63) is 0 Å². The van der Waals surface area contributed by atoms with Gasteiger partial charge in [-0.2, -0.15) is 0 Å². The number of halogens is 2. The minimum atomic E-state index is -3.54. The number of carbonyl (C=O) groups excluding carboxylic acids is 1. The number of carbonyl (C=O) groups is 1. The fourth-order valence-corrected chi connectivity index (χ4v) is 3.36. The first kappa shape index (κ1) is 13.1. The summed E-state index contributed by atoms with van der Waals surface area (Å²) in [5.74, 6) is -0.706. The van der Waals surface area contributed by atoms with Crippen LogP contribution >= 0.6 is 23.2 Å². The van der Waals surface area contributed by atoms with Crippen LogP contribution in [0.2, 0.25) is 0 Å². The van der Waals surface area contributed by atoms with Crippen LogP contribution in [0.15, 0.2) is 0 Å². The van der Waals surface area contributed by atoms with E-state index in [0.717, 1.165) is 10.6 Å². The van der Waals surface area contributed by atoms with Crippen molar-refractivity contribution in [1.29, 1.82) is 0 Å². The number of sulfonamides is 1. The third kappa shape index (κ3) is 2.10. The minimum Gasteiger partial charge on any atom is -0.272 e. The first-order chi connectivity index (χ1) is 6.77. The molecule has 1 aliphatic heterocycles. The third-order valence-electron chi connectivity index (χ3n) is 2.72. The highest BCUT2D eigenvalue weighted by Crippen LogP contribution is 2.39. The fourth-order valence-electron chi connectivity index (χ4n) is 1.71. The Balaban J connectivity index is 3.10. The molecule has 1 rings (SSSR count). The number of nitrogens with zero attached hydrogens (tertiary/aromatic N) is 1. The van der Waals surface area contributed by atoms with Gasteiger partial charge in [-0.05, 0) is 6.42 Å².